The number of nitrogens with zero attached hydrogens (tertiary/aromatic N) is 3. The first-order valence-corrected chi connectivity index (χ1v) is 10.8. The summed E-state index contributed by atoms with van der Waals surface area (Å²) in [7, 11) is 0. The molecule has 0 radical (unpaired) electrons. The number of anilines is 1. The summed E-state index contributed by atoms with van der Waals surface area (Å²) in [5.74, 6) is 0.462. The van der Waals surface area contributed by atoms with Crippen molar-refractivity contribution in [2.45, 2.75) is 27.2 Å². The molecule has 3 aromatic rings. The first-order chi connectivity index (χ1) is 15.0. The summed E-state index contributed by atoms with van der Waals surface area (Å²) in [6.45, 7) is 6.51. The summed E-state index contributed by atoms with van der Waals surface area (Å²) >= 11 is 1.43. The van der Waals surface area contributed by atoms with Crippen LogP contribution in [-0.4, -0.2) is 29.3 Å². The number of nitro benzene ring substituents is 1. The van der Waals surface area contributed by atoms with Crippen LogP contribution in [0.15, 0.2) is 46.9 Å². The second-order valence-corrected chi connectivity index (χ2v) is 7.54. The van der Waals surface area contributed by atoms with Gasteiger partial charge in [0.15, 0.2) is 5.75 Å². The largest absolute Gasteiger partial charge is 0.490 e. The van der Waals surface area contributed by atoms with E-state index in [0.717, 1.165) is 17.7 Å². The van der Waals surface area contributed by atoms with Crippen LogP contribution in [0, 0.1) is 17.0 Å². The number of aromatic nitrogens is 1. The number of nitrogens with one attached hydrogen (secondary N) is 1. The maximum absolute atomic E-state index is 11.5. The van der Waals surface area contributed by atoms with E-state index in [1.807, 2.05) is 50.4 Å². The number of thiazole rings is 1. The Kier molecular flexibility index (Phi) is 7.55. The van der Waals surface area contributed by atoms with E-state index in [1.165, 1.54) is 29.2 Å². The molecule has 0 fully saturated rings. The predicted molar refractivity (Wildman–Crippen MR) is 124 cm³/mol. The summed E-state index contributed by atoms with van der Waals surface area (Å²) in [6.07, 6.45) is 2.22. The van der Waals surface area contributed by atoms with Crippen molar-refractivity contribution in [3.63, 3.8) is 0 Å². The SMILES string of the molecule is CCCOc1c(OCC)cc(/C=N\Nc2nc(-c3ccc(C)cc3)cs2)cc1[N+](=O)[O-]. The smallest absolute Gasteiger partial charge is 0.315 e. The lowest BCUT2D eigenvalue weighted by atomic mass is 10.1. The minimum absolute atomic E-state index is 0.140. The lowest BCUT2D eigenvalue weighted by Crippen LogP contribution is -2.04. The number of hydrogen-bond acceptors (Lipinski definition) is 8. The van der Waals surface area contributed by atoms with E-state index in [-0.39, 0.29) is 11.4 Å². The standard InChI is InChI=1S/C22H24N4O4S/c1-4-10-30-21-19(26(27)28)11-16(12-20(21)29-5-2)13-23-25-22-24-18(14-31-22)17-8-6-15(3)7-9-17/h6-9,11-14H,4-5,10H2,1-3H3,(H,24,25)/b23-13-. The van der Waals surface area contributed by atoms with Crippen molar-refractivity contribution in [2.24, 2.45) is 5.10 Å². The van der Waals surface area contributed by atoms with Crippen LogP contribution in [-0.2, 0) is 0 Å². The van der Waals surface area contributed by atoms with Gasteiger partial charge in [0, 0.05) is 22.6 Å². The van der Waals surface area contributed by atoms with Crippen LogP contribution >= 0.6 is 11.3 Å². The molecule has 0 aliphatic carbocycles. The fourth-order valence-electron chi connectivity index (χ4n) is 2.77. The van der Waals surface area contributed by atoms with Gasteiger partial charge in [0.2, 0.25) is 10.9 Å². The zero-order chi connectivity index (χ0) is 22.2. The molecule has 9 heteroatoms. The highest BCUT2D eigenvalue weighted by atomic mass is 32.1. The minimum atomic E-state index is -0.479. The second-order valence-electron chi connectivity index (χ2n) is 6.68. The molecule has 0 saturated carbocycles. The van der Waals surface area contributed by atoms with Crippen LogP contribution in [0.1, 0.15) is 31.4 Å². The maximum atomic E-state index is 11.5. The number of hydrazone groups is 1. The Morgan fingerprint density at radius 1 is 1.23 bits per heavy atom. The van der Waals surface area contributed by atoms with Gasteiger partial charge < -0.3 is 9.47 Å². The molecule has 31 heavy (non-hydrogen) atoms. The first kappa shape index (κ1) is 22.2. The number of benzene rings is 2. The van der Waals surface area contributed by atoms with Crippen LogP contribution in [0.2, 0.25) is 0 Å². The van der Waals surface area contributed by atoms with Gasteiger partial charge in [-0.3, -0.25) is 15.5 Å². The van der Waals surface area contributed by atoms with E-state index < -0.39 is 4.92 Å². The van der Waals surface area contributed by atoms with Crippen molar-refractivity contribution in [3.8, 4) is 22.8 Å². The van der Waals surface area contributed by atoms with Crippen molar-refractivity contribution in [3.05, 3.63) is 63.0 Å². The van der Waals surface area contributed by atoms with E-state index in [9.17, 15) is 10.1 Å². The van der Waals surface area contributed by atoms with E-state index in [4.69, 9.17) is 9.47 Å². The van der Waals surface area contributed by atoms with Gasteiger partial charge in [-0.2, -0.15) is 5.10 Å². The first-order valence-electron chi connectivity index (χ1n) is 9.91. The summed E-state index contributed by atoms with van der Waals surface area (Å²) in [5, 5.41) is 18.3. The average Bonchev–Trinajstić information content (AvgIpc) is 3.22. The number of nitro groups is 1. The van der Waals surface area contributed by atoms with E-state index in [2.05, 4.69) is 15.5 Å². The molecule has 0 saturated heterocycles. The molecule has 0 unspecified atom stereocenters. The van der Waals surface area contributed by atoms with Crippen molar-refractivity contribution < 1.29 is 14.4 Å². The zero-order valence-electron chi connectivity index (χ0n) is 17.6. The van der Waals surface area contributed by atoms with Gasteiger partial charge in [-0.1, -0.05) is 36.8 Å². The molecule has 1 aromatic heterocycles. The zero-order valence-corrected chi connectivity index (χ0v) is 18.4. The summed E-state index contributed by atoms with van der Waals surface area (Å²) in [4.78, 5) is 15.6. The van der Waals surface area contributed by atoms with Crippen LogP contribution in [0.3, 0.4) is 0 Å². The van der Waals surface area contributed by atoms with Crippen LogP contribution in [0.4, 0.5) is 10.8 Å². The molecule has 162 valence electrons. The summed E-state index contributed by atoms with van der Waals surface area (Å²) in [5.41, 5.74) is 6.31. The minimum Gasteiger partial charge on any atom is -0.490 e. The predicted octanol–water partition coefficient (Wildman–Crippen LogP) is 5.66. The van der Waals surface area contributed by atoms with E-state index in [1.54, 1.807) is 6.07 Å². The van der Waals surface area contributed by atoms with Gasteiger partial charge in [-0.25, -0.2) is 4.98 Å². The lowest BCUT2D eigenvalue weighted by molar-refractivity contribution is -0.386. The summed E-state index contributed by atoms with van der Waals surface area (Å²) in [6, 6.07) is 11.2. The highest BCUT2D eigenvalue weighted by Gasteiger charge is 2.22. The van der Waals surface area contributed by atoms with Gasteiger partial charge in [-0.05, 0) is 26.3 Å². The molecule has 8 nitrogen and oxygen atoms in total. The number of ether oxygens (including phenoxy) is 2. The van der Waals surface area contributed by atoms with Crippen molar-refractivity contribution in [2.75, 3.05) is 18.6 Å². The quantitative estimate of drug-likeness (QED) is 0.248. The average molecular weight is 441 g/mol. The molecule has 0 bridgehead atoms. The molecule has 0 spiro atoms. The van der Waals surface area contributed by atoms with Gasteiger partial charge in [-0.15, -0.1) is 11.3 Å². The normalized spacial score (nSPS) is 10.9. The molecule has 0 aliphatic heterocycles. The fraction of sp³-hybridized carbons (Fsp3) is 0.273. The van der Waals surface area contributed by atoms with Crippen molar-refractivity contribution in [1.82, 2.24) is 4.98 Å². The Bertz CT molecular complexity index is 1060. The third kappa shape index (κ3) is 5.79. The molecular formula is C22H24N4O4S. The van der Waals surface area contributed by atoms with Gasteiger partial charge in [0.25, 0.3) is 0 Å². The molecule has 0 atom stereocenters. The van der Waals surface area contributed by atoms with Gasteiger partial charge in [0.05, 0.1) is 30.0 Å². The van der Waals surface area contributed by atoms with Crippen molar-refractivity contribution >= 4 is 28.4 Å². The topological polar surface area (TPSA) is 98.9 Å². The molecule has 3 rings (SSSR count). The summed E-state index contributed by atoms with van der Waals surface area (Å²) < 4.78 is 11.1. The van der Waals surface area contributed by atoms with Crippen molar-refractivity contribution in [1.29, 1.82) is 0 Å². The van der Waals surface area contributed by atoms with Crippen LogP contribution in [0.5, 0.6) is 11.5 Å². The Morgan fingerprint density at radius 2 is 2.00 bits per heavy atom. The Morgan fingerprint density at radius 3 is 2.68 bits per heavy atom. The van der Waals surface area contributed by atoms with Gasteiger partial charge >= 0.3 is 5.69 Å². The molecule has 0 amide bonds. The van der Waals surface area contributed by atoms with Crippen LogP contribution < -0.4 is 14.9 Å². The lowest BCUT2D eigenvalue weighted by Gasteiger charge is -2.12. The van der Waals surface area contributed by atoms with Gasteiger partial charge in [0.1, 0.15) is 0 Å². The molecule has 1 heterocycles. The molecular weight excluding hydrogens is 416 g/mol. The molecule has 1 N–H and O–H groups in total. The number of rotatable bonds is 10. The third-order valence-electron chi connectivity index (χ3n) is 4.23. The molecule has 2 aromatic carbocycles. The Hall–Kier alpha value is -3.46. The second kappa shape index (κ2) is 10.5. The third-order valence-corrected chi connectivity index (χ3v) is 4.98. The maximum Gasteiger partial charge on any atom is 0.315 e. The molecule has 0 aliphatic rings. The number of aryl methyl sites for hydroxylation is 1. The Balaban J connectivity index is 1.78. The monoisotopic (exact) mass is 440 g/mol. The highest BCUT2D eigenvalue weighted by Crippen LogP contribution is 2.38. The van der Waals surface area contributed by atoms with E-state index in [0.29, 0.717) is 29.7 Å². The Labute approximate surface area is 184 Å². The van der Waals surface area contributed by atoms with Crippen LogP contribution in [0.25, 0.3) is 11.3 Å². The highest BCUT2D eigenvalue weighted by molar-refractivity contribution is 7.14. The number of hydrogen-bond donors (Lipinski definition) is 1. The fourth-order valence-corrected chi connectivity index (χ4v) is 3.44. The van der Waals surface area contributed by atoms with E-state index >= 15 is 0 Å².